The Morgan fingerprint density at radius 3 is 2.89 bits per heavy atom. The number of nitrogens with one attached hydrogen (secondary N) is 1. The average Bonchev–Trinajstić information content (AvgIpc) is 3.04. The van der Waals surface area contributed by atoms with Crippen molar-refractivity contribution >= 4 is 28.3 Å². The van der Waals surface area contributed by atoms with Crippen molar-refractivity contribution in [2.24, 2.45) is 0 Å². The molecule has 0 unspecified atom stereocenters. The fourth-order valence-corrected chi connectivity index (χ4v) is 2.93. The number of imidazole rings is 1. The zero-order chi connectivity index (χ0) is 13.2. The zero-order valence-corrected chi connectivity index (χ0v) is 11.9. The first kappa shape index (κ1) is 12.2. The van der Waals surface area contributed by atoms with Crippen LogP contribution in [0, 0.1) is 0 Å². The lowest BCUT2D eigenvalue weighted by atomic mass is 10.3. The summed E-state index contributed by atoms with van der Waals surface area (Å²) >= 11 is 1.77. The van der Waals surface area contributed by atoms with Crippen LogP contribution in [0.3, 0.4) is 0 Å². The Morgan fingerprint density at radius 1 is 1.32 bits per heavy atom. The fraction of sp³-hybridized carbons (Fsp3) is 0.286. The first-order valence-electron chi connectivity index (χ1n) is 6.35. The molecule has 0 bridgehead atoms. The third-order valence-electron chi connectivity index (χ3n) is 3.04. The maximum absolute atomic E-state index is 4.59. The van der Waals surface area contributed by atoms with Crippen molar-refractivity contribution in [2.75, 3.05) is 11.9 Å². The molecule has 0 spiro atoms. The molecular formula is C14H16N4S. The van der Waals surface area contributed by atoms with Crippen molar-refractivity contribution in [2.45, 2.75) is 19.9 Å². The molecule has 3 rings (SSSR count). The van der Waals surface area contributed by atoms with Gasteiger partial charge in [-0.25, -0.2) is 9.97 Å². The van der Waals surface area contributed by atoms with Crippen LogP contribution in [0.4, 0.5) is 5.95 Å². The highest BCUT2D eigenvalue weighted by molar-refractivity contribution is 7.11. The molecule has 5 heteroatoms. The Bertz CT molecular complexity index is 652. The van der Waals surface area contributed by atoms with Crippen LogP contribution in [0.1, 0.15) is 16.8 Å². The number of fused-ring (bicyclic) bond motifs is 1. The Balaban J connectivity index is 1.81. The van der Waals surface area contributed by atoms with Crippen LogP contribution in [0.2, 0.25) is 0 Å². The molecule has 2 aromatic heterocycles. The van der Waals surface area contributed by atoms with Crippen molar-refractivity contribution in [1.82, 2.24) is 15.0 Å². The normalized spacial score (nSPS) is 11.1. The van der Waals surface area contributed by atoms with Crippen molar-refractivity contribution in [3.8, 4) is 0 Å². The van der Waals surface area contributed by atoms with Crippen LogP contribution in [0.5, 0.6) is 0 Å². The van der Waals surface area contributed by atoms with E-state index in [1.54, 1.807) is 11.3 Å². The van der Waals surface area contributed by atoms with Gasteiger partial charge in [-0.15, -0.1) is 11.3 Å². The molecule has 0 saturated carbocycles. The smallest absolute Gasteiger partial charge is 0.203 e. The van der Waals surface area contributed by atoms with E-state index in [4.69, 9.17) is 0 Å². The predicted octanol–water partition coefficient (Wildman–Crippen LogP) is 3.22. The third-order valence-corrected chi connectivity index (χ3v) is 4.16. The summed E-state index contributed by atoms with van der Waals surface area (Å²) in [6.45, 7) is 2.96. The number of aromatic nitrogens is 3. The van der Waals surface area contributed by atoms with Crippen molar-refractivity contribution in [3.05, 3.63) is 40.3 Å². The number of aromatic amines is 1. The first-order valence-corrected chi connectivity index (χ1v) is 7.17. The van der Waals surface area contributed by atoms with Crippen molar-refractivity contribution in [1.29, 1.82) is 0 Å². The molecule has 2 heterocycles. The van der Waals surface area contributed by atoms with E-state index in [0.717, 1.165) is 29.9 Å². The van der Waals surface area contributed by atoms with Gasteiger partial charge >= 0.3 is 0 Å². The standard InChI is InChI=1S/C14H16N4S/c1-3-13-15-8-10(19-13)9-18(2)14-16-11-6-4-5-7-12(11)17-14/h4-8H,3,9H2,1-2H3,(H,16,17). The van der Waals surface area contributed by atoms with E-state index in [1.165, 1.54) is 9.88 Å². The molecule has 0 saturated heterocycles. The minimum atomic E-state index is 0.831. The summed E-state index contributed by atoms with van der Waals surface area (Å²) in [6, 6.07) is 8.08. The van der Waals surface area contributed by atoms with Gasteiger partial charge in [0.25, 0.3) is 0 Å². The molecule has 1 N–H and O–H groups in total. The molecule has 0 radical (unpaired) electrons. The van der Waals surface area contributed by atoms with Gasteiger partial charge in [0, 0.05) is 18.1 Å². The molecule has 19 heavy (non-hydrogen) atoms. The van der Waals surface area contributed by atoms with E-state index in [-0.39, 0.29) is 0 Å². The summed E-state index contributed by atoms with van der Waals surface area (Å²) in [5, 5.41) is 1.19. The van der Waals surface area contributed by atoms with Gasteiger partial charge in [-0.3, -0.25) is 0 Å². The van der Waals surface area contributed by atoms with E-state index in [0.29, 0.717) is 0 Å². The number of hydrogen-bond donors (Lipinski definition) is 1. The van der Waals surface area contributed by atoms with Gasteiger partial charge in [-0.2, -0.15) is 0 Å². The van der Waals surface area contributed by atoms with Crippen molar-refractivity contribution in [3.63, 3.8) is 0 Å². The lowest BCUT2D eigenvalue weighted by Gasteiger charge is -2.13. The Hall–Kier alpha value is -1.88. The SMILES string of the molecule is CCc1ncc(CN(C)c2nc3ccccc3[nH]2)s1. The Kier molecular flexibility index (Phi) is 3.21. The second-order valence-corrected chi connectivity index (χ2v) is 5.71. The number of hydrogen-bond acceptors (Lipinski definition) is 4. The summed E-state index contributed by atoms with van der Waals surface area (Å²) < 4.78 is 0. The van der Waals surface area contributed by atoms with E-state index < -0.39 is 0 Å². The van der Waals surface area contributed by atoms with E-state index in [2.05, 4.69) is 26.8 Å². The monoisotopic (exact) mass is 272 g/mol. The molecule has 1 aromatic carbocycles. The molecule has 0 aliphatic carbocycles. The molecule has 0 amide bonds. The third kappa shape index (κ3) is 2.46. The van der Waals surface area contributed by atoms with Gasteiger partial charge in [-0.1, -0.05) is 19.1 Å². The molecule has 98 valence electrons. The molecule has 0 aliphatic rings. The van der Waals surface area contributed by atoms with E-state index in [1.807, 2.05) is 37.5 Å². The summed E-state index contributed by atoms with van der Waals surface area (Å²) in [5.74, 6) is 0.896. The van der Waals surface area contributed by atoms with Crippen LogP contribution in [-0.4, -0.2) is 22.0 Å². The highest BCUT2D eigenvalue weighted by Crippen LogP contribution is 2.20. The van der Waals surface area contributed by atoms with Gasteiger partial charge < -0.3 is 9.88 Å². The lowest BCUT2D eigenvalue weighted by molar-refractivity contribution is 0.896. The van der Waals surface area contributed by atoms with Gasteiger partial charge in [0.1, 0.15) is 0 Å². The number of H-pyrrole nitrogens is 1. The van der Waals surface area contributed by atoms with Crippen molar-refractivity contribution < 1.29 is 0 Å². The van der Waals surface area contributed by atoms with Gasteiger partial charge in [0.05, 0.1) is 22.6 Å². The highest BCUT2D eigenvalue weighted by Gasteiger charge is 2.09. The Morgan fingerprint density at radius 2 is 2.16 bits per heavy atom. The number of rotatable bonds is 4. The first-order chi connectivity index (χ1) is 9.26. The number of thiazole rings is 1. The number of anilines is 1. The minimum absolute atomic E-state index is 0.831. The van der Waals surface area contributed by atoms with Gasteiger partial charge in [-0.05, 0) is 18.6 Å². The number of nitrogens with zero attached hydrogens (tertiary/aromatic N) is 3. The molecule has 0 aliphatic heterocycles. The Labute approximate surface area is 116 Å². The van der Waals surface area contributed by atoms with Crippen LogP contribution < -0.4 is 4.90 Å². The van der Waals surface area contributed by atoms with E-state index in [9.17, 15) is 0 Å². The second kappa shape index (κ2) is 5.01. The summed E-state index contributed by atoms with van der Waals surface area (Å²) in [7, 11) is 2.04. The molecule has 4 nitrogen and oxygen atoms in total. The van der Waals surface area contributed by atoms with Crippen LogP contribution in [0.25, 0.3) is 11.0 Å². The van der Waals surface area contributed by atoms with Gasteiger partial charge in [0.15, 0.2) is 0 Å². The maximum atomic E-state index is 4.59. The minimum Gasteiger partial charge on any atom is -0.340 e. The number of benzene rings is 1. The van der Waals surface area contributed by atoms with Crippen LogP contribution in [-0.2, 0) is 13.0 Å². The highest BCUT2D eigenvalue weighted by atomic mass is 32.1. The maximum Gasteiger partial charge on any atom is 0.203 e. The van der Waals surface area contributed by atoms with Gasteiger partial charge in [0.2, 0.25) is 5.95 Å². The quantitative estimate of drug-likeness (QED) is 0.793. The van der Waals surface area contributed by atoms with Crippen LogP contribution >= 0.6 is 11.3 Å². The fourth-order valence-electron chi connectivity index (χ4n) is 2.01. The van der Waals surface area contributed by atoms with Crippen LogP contribution in [0.15, 0.2) is 30.5 Å². The number of aryl methyl sites for hydroxylation is 1. The summed E-state index contributed by atoms with van der Waals surface area (Å²) in [5.41, 5.74) is 2.07. The lowest BCUT2D eigenvalue weighted by Crippen LogP contribution is -2.16. The zero-order valence-electron chi connectivity index (χ0n) is 11.1. The molecular weight excluding hydrogens is 256 g/mol. The summed E-state index contributed by atoms with van der Waals surface area (Å²) in [4.78, 5) is 15.7. The second-order valence-electron chi connectivity index (χ2n) is 4.51. The summed E-state index contributed by atoms with van der Waals surface area (Å²) in [6.07, 6.45) is 2.96. The molecule has 0 fully saturated rings. The largest absolute Gasteiger partial charge is 0.340 e. The average molecular weight is 272 g/mol. The predicted molar refractivity (Wildman–Crippen MR) is 79.7 cm³/mol. The van der Waals surface area contributed by atoms with E-state index >= 15 is 0 Å². The molecule has 3 aromatic rings. The topological polar surface area (TPSA) is 44.8 Å². The number of para-hydroxylation sites is 2. The molecule has 0 atom stereocenters.